The first-order chi connectivity index (χ1) is 13.5. The lowest BCUT2D eigenvalue weighted by Crippen LogP contribution is -2.33. The number of methoxy groups -OCH3 is 2. The van der Waals surface area contributed by atoms with Crippen molar-refractivity contribution in [3.05, 3.63) is 53.6 Å². The number of hydrogen-bond donors (Lipinski definition) is 1. The minimum Gasteiger partial charge on any atom is -0.497 e. The molecule has 6 heteroatoms. The molecule has 0 unspecified atom stereocenters. The van der Waals surface area contributed by atoms with Gasteiger partial charge in [-0.2, -0.15) is 0 Å². The molecule has 1 fully saturated rings. The Balaban J connectivity index is 1.68. The molecule has 1 atom stereocenters. The highest BCUT2D eigenvalue weighted by Crippen LogP contribution is 2.38. The van der Waals surface area contributed by atoms with E-state index in [0.717, 1.165) is 36.4 Å². The molecule has 148 valence electrons. The number of carbonyl (C=O) groups excluding carboxylic acids is 2. The van der Waals surface area contributed by atoms with Crippen LogP contribution in [-0.2, 0) is 4.79 Å². The largest absolute Gasteiger partial charge is 0.497 e. The van der Waals surface area contributed by atoms with E-state index in [4.69, 9.17) is 9.47 Å². The van der Waals surface area contributed by atoms with Gasteiger partial charge in [0.2, 0.25) is 5.91 Å². The van der Waals surface area contributed by atoms with E-state index in [1.165, 1.54) is 6.92 Å². The number of Topliss-reactive ketones (excluding diaryl/α,β-unsaturated/α-hetero) is 1. The second-order valence-electron chi connectivity index (χ2n) is 6.92. The first-order valence-electron chi connectivity index (χ1n) is 9.38. The topological polar surface area (TPSA) is 67.9 Å². The van der Waals surface area contributed by atoms with Crippen molar-refractivity contribution in [3.8, 4) is 11.5 Å². The Kier molecular flexibility index (Phi) is 6.31. The Morgan fingerprint density at radius 2 is 1.86 bits per heavy atom. The molecule has 1 N–H and O–H groups in total. The zero-order valence-electron chi connectivity index (χ0n) is 16.5. The number of anilines is 1. The van der Waals surface area contributed by atoms with Crippen LogP contribution in [0.5, 0.6) is 11.5 Å². The first kappa shape index (κ1) is 19.9. The Hall–Kier alpha value is -2.86. The molecule has 2 aromatic rings. The smallest absolute Gasteiger partial charge is 0.238 e. The average Bonchev–Trinajstić information content (AvgIpc) is 3.15. The third-order valence-electron chi connectivity index (χ3n) is 5.09. The molecule has 3 rings (SSSR count). The fourth-order valence-corrected chi connectivity index (χ4v) is 3.63. The number of carbonyl (C=O) groups is 2. The molecule has 28 heavy (non-hydrogen) atoms. The Labute approximate surface area is 165 Å². The van der Waals surface area contributed by atoms with Crippen LogP contribution in [0.2, 0.25) is 0 Å². The summed E-state index contributed by atoms with van der Waals surface area (Å²) >= 11 is 0. The molecule has 0 aliphatic carbocycles. The normalized spacial score (nSPS) is 16.6. The fourth-order valence-electron chi connectivity index (χ4n) is 3.63. The van der Waals surface area contributed by atoms with Gasteiger partial charge in [0.25, 0.3) is 0 Å². The van der Waals surface area contributed by atoms with Crippen LogP contribution in [0.15, 0.2) is 42.5 Å². The Morgan fingerprint density at radius 1 is 1.11 bits per heavy atom. The van der Waals surface area contributed by atoms with Crippen LogP contribution in [0.3, 0.4) is 0 Å². The molecule has 2 aromatic carbocycles. The molecule has 0 spiro atoms. The van der Waals surface area contributed by atoms with Gasteiger partial charge in [-0.1, -0.05) is 6.07 Å². The van der Waals surface area contributed by atoms with E-state index >= 15 is 0 Å². The van der Waals surface area contributed by atoms with Crippen LogP contribution in [0.25, 0.3) is 0 Å². The minimum atomic E-state index is -0.0741. The third-order valence-corrected chi connectivity index (χ3v) is 5.09. The van der Waals surface area contributed by atoms with Crippen LogP contribution in [0.4, 0.5) is 5.69 Å². The predicted octanol–water partition coefficient (Wildman–Crippen LogP) is 3.68. The van der Waals surface area contributed by atoms with Crippen LogP contribution >= 0.6 is 0 Å². The number of amides is 1. The molecule has 1 aliphatic rings. The molecule has 1 saturated heterocycles. The standard InChI is InChI=1S/C22H26N2O4/c1-15(25)16-6-8-17(9-7-16)23-22(26)14-24-12-4-5-20(24)19-11-10-18(27-2)13-21(19)28-3/h6-11,13,20H,4-5,12,14H2,1-3H3,(H,23,26)/t20-/m0/s1. The molecule has 1 amide bonds. The average molecular weight is 382 g/mol. The summed E-state index contributed by atoms with van der Waals surface area (Å²) in [4.78, 5) is 26.1. The van der Waals surface area contributed by atoms with Gasteiger partial charge in [-0.15, -0.1) is 0 Å². The molecule has 1 aliphatic heterocycles. The lowest BCUT2D eigenvalue weighted by molar-refractivity contribution is -0.117. The van der Waals surface area contributed by atoms with Crippen LogP contribution in [0, 0.1) is 0 Å². The highest BCUT2D eigenvalue weighted by atomic mass is 16.5. The first-order valence-corrected chi connectivity index (χ1v) is 9.38. The van der Waals surface area contributed by atoms with Gasteiger partial charge in [0.05, 0.1) is 20.8 Å². The van der Waals surface area contributed by atoms with Gasteiger partial charge in [-0.25, -0.2) is 0 Å². The molecule has 0 aromatic heterocycles. The summed E-state index contributed by atoms with van der Waals surface area (Å²) in [6, 6.07) is 12.9. The zero-order valence-corrected chi connectivity index (χ0v) is 16.5. The maximum Gasteiger partial charge on any atom is 0.238 e. The monoisotopic (exact) mass is 382 g/mol. The van der Waals surface area contributed by atoms with Crippen LogP contribution in [0.1, 0.15) is 41.7 Å². The zero-order chi connectivity index (χ0) is 20.1. The van der Waals surface area contributed by atoms with Crippen LogP contribution < -0.4 is 14.8 Å². The maximum absolute atomic E-state index is 12.5. The number of hydrogen-bond acceptors (Lipinski definition) is 5. The number of rotatable bonds is 7. The van der Waals surface area contributed by atoms with Gasteiger partial charge in [-0.05, 0) is 56.6 Å². The van der Waals surface area contributed by atoms with Crippen molar-refractivity contribution in [2.45, 2.75) is 25.8 Å². The van der Waals surface area contributed by atoms with Gasteiger partial charge < -0.3 is 14.8 Å². The van der Waals surface area contributed by atoms with E-state index in [1.54, 1.807) is 38.5 Å². The number of ether oxygens (including phenoxy) is 2. The van der Waals surface area contributed by atoms with Crippen molar-refractivity contribution in [2.75, 3.05) is 32.6 Å². The quantitative estimate of drug-likeness (QED) is 0.740. The van der Waals surface area contributed by atoms with Gasteiger partial charge in [0.1, 0.15) is 11.5 Å². The summed E-state index contributed by atoms with van der Waals surface area (Å²) in [5.74, 6) is 1.45. The van der Waals surface area contributed by atoms with E-state index in [9.17, 15) is 9.59 Å². The van der Waals surface area contributed by atoms with Crippen molar-refractivity contribution in [1.82, 2.24) is 4.90 Å². The summed E-state index contributed by atoms with van der Waals surface area (Å²) in [6.07, 6.45) is 2.00. The lowest BCUT2D eigenvalue weighted by atomic mass is 10.0. The molecule has 0 radical (unpaired) electrons. The highest BCUT2D eigenvalue weighted by Gasteiger charge is 2.29. The van der Waals surface area contributed by atoms with Gasteiger partial charge in [0.15, 0.2) is 5.78 Å². The third kappa shape index (κ3) is 4.51. The second-order valence-corrected chi connectivity index (χ2v) is 6.92. The summed E-state index contributed by atoms with van der Waals surface area (Å²) in [6.45, 7) is 2.68. The highest BCUT2D eigenvalue weighted by molar-refractivity contribution is 5.96. The number of nitrogens with one attached hydrogen (secondary N) is 1. The molecule has 0 bridgehead atoms. The Bertz CT molecular complexity index is 848. The number of benzene rings is 2. The summed E-state index contributed by atoms with van der Waals surface area (Å²) in [5, 5.41) is 2.91. The summed E-state index contributed by atoms with van der Waals surface area (Å²) < 4.78 is 10.8. The predicted molar refractivity (Wildman–Crippen MR) is 108 cm³/mol. The fraction of sp³-hybridized carbons (Fsp3) is 0.364. The summed E-state index contributed by atoms with van der Waals surface area (Å²) in [5.41, 5.74) is 2.39. The van der Waals surface area contributed by atoms with E-state index < -0.39 is 0 Å². The maximum atomic E-state index is 12.5. The van der Waals surface area contributed by atoms with E-state index in [-0.39, 0.29) is 17.7 Å². The van der Waals surface area contributed by atoms with Crippen molar-refractivity contribution in [3.63, 3.8) is 0 Å². The van der Waals surface area contributed by atoms with Gasteiger partial charge in [0, 0.05) is 28.9 Å². The van der Waals surface area contributed by atoms with Crippen molar-refractivity contribution in [1.29, 1.82) is 0 Å². The molecule has 6 nitrogen and oxygen atoms in total. The number of nitrogens with zero attached hydrogens (tertiary/aromatic N) is 1. The molecular formula is C22H26N2O4. The van der Waals surface area contributed by atoms with Gasteiger partial charge in [-0.3, -0.25) is 14.5 Å². The van der Waals surface area contributed by atoms with E-state index in [1.807, 2.05) is 18.2 Å². The number of ketones is 1. The van der Waals surface area contributed by atoms with Gasteiger partial charge >= 0.3 is 0 Å². The van der Waals surface area contributed by atoms with Crippen molar-refractivity contribution < 1.29 is 19.1 Å². The van der Waals surface area contributed by atoms with E-state index in [2.05, 4.69) is 10.2 Å². The number of likely N-dealkylation sites (tertiary alicyclic amines) is 1. The van der Waals surface area contributed by atoms with Crippen LogP contribution in [-0.4, -0.2) is 43.9 Å². The van der Waals surface area contributed by atoms with Crippen molar-refractivity contribution >= 4 is 17.4 Å². The summed E-state index contributed by atoms with van der Waals surface area (Å²) in [7, 11) is 3.28. The Morgan fingerprint density at radius 3 is 2.50 bits per heavy atom. The molecule has 0 saturated carbocycles. The van der Waals surface area contributed by atoms with E-state index in [0.29, 0.717) is 17.8 Å². The molecule has 1 heterocycles. The van der Waals surface area contributed by atoms with Crippen molar-refractivity contribution in [2.24, 2.45) is 0 Å². The minimum absolute atomic E-state index is 0.00576. The lowest BCUT2D eigenvalue weighted by Gasteiger charge is -2.26. The second kappa shape index (κ2) is 8.89. The molecular weight excluding hydrogens is 356 g/mol. The SMILES string of the molecule is COc1ccc([C@@H]2CCCN2CC(=O)Nc2ccc(C(C)=O)cc2)c(OC)c1.